The van der Waals surface area contributed by atoms with Crippen molar-refractivity contribution in [2.24, 2.45) is 5.92 Å². The normalized spacial score (nSPS) is 22.9. The van der Waals surface area contributed by atoms with Gasteiger partial charge >= 0.3 is 0 Å². The fraction of sp³-hybridized carbons (Fsp3) is 0.478. The number of nitrogens with zero attached hydrogens (tertiary/aromatic N) is 3. The lowest BCUT2D eigenvalue weighted by atomic mass is 10.1. The van der Waals surface area contributed by atoms with Crippen LogP contribution in [0.4, 0.5) is 10.2 Å². The Morgan fingerprint density at radius 1 is 1.12 bits per heavy atom. The first-order valence-electron chi connectivity index (χ1n) is 11.2. The number of aliphatic hydroxyl groups is 2. The number of anilines is 1. The smallest absolute Gasteiger partial charge is 0.146 e. The second kappa shape index (κ2) is 10.9. The average Bonchev–Trinajstić information content (AvgIpc) is 3.28. The molecule has 0 amide bonds. The maximum Gasteiger partial charge on any atom is 0.146 e. The Balaban J connectivity index is 1.21. The van der Waals surface area contributed by atoms with E-state index in [4.69, 9.17) is 5.73 Å². The number of benzene rings is 1. The van der Waals surface area contributed by atoms with E-state index in [0.29, 0.717) is 36.2 Å². The molecule has 0 aliphatic heterocycles. The van der Waals surface area contributed by atoms with Crippen LogP contribution >= 0.6 is 15.9 Å². The fourth-order valence-electron chi connectivity index (χ4n) is 4.57. The van der Waals surface area contributed by atoms with Gasteiger partial charge in [0, 0.05) is 23.1 Å². The molecular formula is C23H30BrFN6O2. The number of fused-ring (bicyclic) bond motifs is 1. The molecule has 4 atom stereocenters. The van der Waals surface area contributed by atoms with Crippen molar-refractivity contribution in [1.82, 2.24) is 25.2 Å². The van der Waals surface area contributed by atoms with Crippen molar-refractivity contribution in [2.45, 2.75) is 37.5 Å². The zero-order valence-corrected chi connectivity index (χ0v) is 19.9. The van der Waals surface area contributed by atoms with Crippen molar-refractivity contribution in [2.75, 3.05) is 31.9 Å². The topological polar surface area (TPSA) is 121 Å². The van der Waals surface area contributed by atoms with Crippen molar-refractivity contribution >= 4 is 32.8 Å². The number of hydrogen-bond acceptors (Lipinski definition) is 7. The van der Waals surface area contributed by atoms with Crippen molar-refractivity contribution < 1.29 is 14.6 Å². The largest absolute Gasteiger partial charge is 0.390 e. The van der Waals surface area contributed by atoms with E-state index in [1.165, 1.54) is 12.4 Å². The molecule has 8 nitrogen and oxygen atoms in total. The number of aliphatic hydroxyl groups excluding tert-OH is 2. The first-order valence-corrected chi connectivity index (χ1v) is 12.0. The zero-order valence-electron chi connectivity index (χ0n) is 18.3. The highest BCUT2D eigenvalue weighted by Gasteiger charge is 2.42. The van der Waals surface area contributed by atoms with Gasteiger partial charge < -0.3 is 31.1 Å². The van der Waals surface area contributed by atoms with E-state index in [1.807, 2.05) is 22.9 Å². The molecule has 3 aromatic rings. The molecule has 178 valence electrons. The summed E-state index contributed by atoms with van der Waals surface area (Å²) in [6.07, 6.45) is 3.73. The number of nitrogens with two attached hydrogens (primary N) is 1. The minimum Gasteiger partial charge on any atom is -0.390 e. The SMILES string of the molecule is Nc1ncnc2c1c(Br)cn2[C@@H]1C[C@H](CNCCCNCCc2ccccc2F)[C@@H](O)[C@H]1O. The van der Waals surface area contributed by atoms with Gasteiger partial charge in [0.25, 0.3) is 0 Å². The van der Waals surface area contributed by atoms with Gasteiger partial charge in [0.1, 0.15) is 29.7 Å². The zero-order chi connectivity index (χ0) is 23.4. The van der Waals surface area contributed by atoms with Crippen LogP contribution in [0.25, 0.3) is 11.0 Å². The molecule has 2 aromatic heterocycles. The van der Waals surface area contributed by atoms with Gasteiger partial charge in [-0.2, -0.15) is 0 Å². The molecule has 0 radical (unpaired) electrons. The van der Waals surface area contributed by atoms with Crippen molar-refractivity contribution in [3.8, 4) is 0 Å². The molecule has 6 N–H and O–H groups in total. The van der Waals surface area contributed by atoms with E-state index in [2.05, 4.69) is 36.5 Å². The maximum absolute atomic E-state index is 13.6. The third-order valence-corrected chi connectivity index (χ3v) is 6.96. The monoisotopic (exact) mass is 520 g/mol. The molecule has 0 spiro atoms. The average molecular weight is 521 g/mol. The summed E-state index contributed by atoms with van der Waals surface area (Å²) in [5.74, 6) is 0.140. The number of nitrogens with one attached hydrogen (secondary N) is 2. The van der Waals surface area contributed by atoms with Gasteiger partial charge in [-0.3, -0.25) is 0 Å². The summed E-state index contributed by atoms with van der Waals surface area (Å²) in [5.41, 5.74) is 7.35. The van der Waals surface area contributed by atoms with Crippen LogP contribution in [0.5, 0.6) is 0 Å². The van der Waals surface area contributed by atoms with Crippen LogP contribution in [-0.2, 0) is 6.42 Å². The molecule has 1 aliphatic carbocycles. The minimum absolute atomic E-state index is 0.0746. The minimum atomic E-state index is -0.893. The third kappa shape index (κ3) is 5.36. The quantitative estimate of drug-likeness (QED) is 0.259. The second-order valence-corrected chi connectivity index (χ2v) is 9.39. The molecule has 0 unspecified atom stereocenters. The van der Waals surface area contributed by atoms with Crippen molar-refractivity contribution in [3.63, 3.8) is 0 Å². The van der Waals surface area contributed by atoms with Crippen molar-refractivity contribution in [3.05, 3.63) is 52.6 Å². The van der Waals surface area contributed by atoms with Gasteiger partial charge in [-0.05, 0) is 66.5 Å². The Morgan fingerprint density at radius 2 is 1.91 bits per heavy atom. The molecule has 4 rings (SSSR count). The van der Waals surface area contributed by atoms with E-state index in [9.17, 15) is 14.6 Å². The summed E-state index contributed by atoms with van der Waals surface area (Å²) in [6.45, 7) is 2.95. The van der Waals surface area contributed by atoms with Crippen LogP contribution < -0.4 is 16.4 Å². The van der Waals surface area contributed by atoms with Gasteiger partial charge in [0.15, 0.2) is 0 Å². The van der Waals surface area contributed by atoms with E-state index in [0.717, 1.165) is 36.1 Å². The van der Waals surface area contributed by atoms with E-state index in [-0.39, 0.29) is 17.8 Å². The number of aromatic nitrogens is 3. The summed E-state index contributed by atoms with van der Waals surface area (Å²) in [5, 5.41) is 28.7. The van der Waals surface area contributed by atoms with Crippen LogP contribution in [0.1, 0.15) is 24.4 Å². The van der Waals surface area contributed by atoms with E-state index < -0.39 is 12.2 Å². The van der Waals surface area contributed by atoms with Crippen LogP contribution in [0.2, 0.25) is 0 Å². The highest BCUT2D eigenvalue weighted by atomic mass is 79.9. The number of rotatable bonds is 10. The Hall–Kier alpha value is -2.11. The molecule has 2 heterocycles. The molecule has 1 aliphatic rings. The highest BCUT2D eigenvalue weighted by Crippen LogP contribution is 2.39. The molecule has 10 heteroatoms. The van der Waals surface area contributed by atoms with Crippen molar-refractivity contribution in [1.29, 1.82) is 0 Å². The molecule has 0 saturated heterocycles. The Kier molecular flexibility index (Phi) is 7.92. The molecule has 33 heavy (non-hydrogen) atoms. The van der Waals surface area contributed by atoms with Gasteiger partial charge in [-0.15, -0.1) is 0 Å². The summed E-state index contributed by atoms with van der Waals surface area (Å²) in [6, 6.07) is 6.55. The summed E-state index contributed by atoms with van der Waals surface area (Å²) in [4.78, 5) is 8.37. The molecule has 1 fully saturated rings. The van der Waals surface area contributed by atoms with Crippen LogP contribution in [0.15, 0.2) is 41.3 Å². The first kappa shape index (κ1) is 24.0. The Morgan fingerprint density at radius 3 is 2.73 bits per heavy atom. The number of halogens is 2. The Labute approximate surface area is 200 Å². The first-order chi connectivity index (χ1) is 16.0. The Bertz CT molecular complexity index is 1080. The third-order valence-electron chi connectivity index (χ3n) is 6.36. The predicted octanol–water partition coefficient (Wildman–Crippen LogP) is 2.01. The van der Waals surface area contributed by atoms with E-state index >= 15 is 0 Å². The lowest BCUT2D eigenvalue weighted by Gasteiger charge is -2.19. The number of hydrogen-bond donors (Lipinski definition) is 5. The van der Waals surface area contributed by atoms with Gasteiger partial charge in [-0.1, -0.05) is 18.2 Å². The highest BCUT2D eigenvalue weighted by molar-refractivity contribution is 9.10. The molecule has 0 bridgehead atoms. The van der Waals surface area contributed by atoms with Gasteiger partial charge in [0.2, 0.25) is 0 Å². The fourth-order valence-corrected chi connectivity index (χ4v) is 5.17. The molecule has 1 aromatic carbocycles. The summed E-state index contributed by atoms with van der Waals surface area (Å²) in [7, 11) is 0. The lowest BCUT2D eigenvalue weighted by Crippen LogP contribution is -2.34. The van der Waals surface area contributed by atoms with E-state index in [1.54, 1.807) is 6.07 Å². The number of nitrogen functional groups attached to an aromatic ring is 1. The van der Waals surface area contributed by atoms with Gasteiger partial charge in [-0.25, -0.2) is 14.4 Å². The maximum atomic E-state index is 13.6. The molecule has 1 saturated carbocycles. The second-order valence-electron chi connectivity index (χ2n) is 8.54. The summed E-state index contributed by atoms with van der Waals surface area (Å²) < 4.78 is 16.3. The lowest BCUT2D eigenvalue weighted by molar-refractivity contribution is 0.00693. The van der Waals surface area contributed by atoms with Crippen LogP contribution in [0, 0.1) is 11.7 Å². The predicted molar refractivity (Wildman–Crippen MR) is 129 cm³/mol. The van der Waals surface area contributed by atoms with Crippen LogP contribution in [0.3, 0.4) is 0 Å². The molecular weight excluding hydrogens is 491 g/mol. The summed E-state index contributed by atoms with van der Waals surface area (Å²) >= 11 is 3.50. The van der Waals surface area contributed by atoms with Crippen LogP contribution in [-0.4, -0.2) is 63.1 Å². The van der Waals surface area contributed by atoms with Gasteiger partial charge in [0.05, 0.1) is 17.5 Å². The standard InChI is InChI=1S/C23H30BrFN6O2/c24-16-12-31(23-19(16)22(26)29-13-30-23)18-10-15(20(32)21(18)33)11-28-8-3-7-27-9-6-14-4-1-2-5-17(14)25/h1-2,4-5,12-13,15,18,20-21,27-28,32-33H,3,6-11H2,(H2,26,29,30)/t15-,18-,20-,21+/m1/s1.